The molecule has 0 aliphatic rings. The van der Waals surface area contributed by atoms with Crippen LogP contribution < -0.4 is 10.5 Å². The number of anilines is 1. The lowest BCUT2D eigenvalue weighted by Crippen LogP contribution is -1.93. The molecule has 0 aliphatic heterocycles. The minimum atomic E-state index is 0.539. The highest BCUT2D eigenvalue weighted by Crippen LogP contribution is 2.28. The summed E-state index contributed by atoms with van der Waals surface area (Å²) in [7, 11) is 1.57. The highest BCUT2D eigenvalue weighted by molar-refractivity contribution is 9.10. The molecule has 0 saturated carbocycles. The van der Waals surface area contributed by atoms with Gasteiger partial charge in [0.15, 0.2) is 5.75 Å². The van der Waals surface area contributed by atoms with Crippen molar-refractivity contribution >= 4 is 21.6 Å². The van der Waals surface area contributed by atoms with E-state index in [1.54, 1.807) is 19.5 Å². The fourth-order valence-corrected chi connectivity index (χ4v) is 1.16. The second kappa shape index (κ2) is 2.88. The summed E-state index contributed by atoms with van der Waals surface area (Å²) in [6, 6.07) is 0. The minimum Gasteiger partial charge on any atom is -0.493 e. The van der Waals surface area contributed by atoms with Gasteiger partial charge in [0.1, 0.15) is 0 Å². The fraction of sp³-hybridized carbons (Fsp3) is 0.167. The molecule has 0 fully saturated rings. The van der Waals surface area contributed by atoms with Crippen LogP contribution in [0.1, 0.15) is 0 Å². The van der Waals surface area contributed by atoms with Crippen molar-refractivity contribution < 1.29 is 4.74 Å². The van der Waals surface area contributed by atoms with E-state index in [9.17, 15) is 0 Å². The van der Waals surface area contributed by atoms with Gasteiger partial charge >= 0.3 is 0 Å². The molecule has 2 N–H and O–H groups in total. The van der Waals surface area contributed by atoms with E-state index in [0.29, 0.717) is 11.4 Å². The highest BCUT2D eigenvalue weighted by atomic mass is 79.9. The molecule has 3 nitrogen and oxygen atoms in total. The third kappa shape index (κ3) is 1.21. The van der Waals surface area contributed by atoms with E-state index in [1.807, 2.05) is 0 Å². The summed E-state index contributed by atoms with van der Waals surface area (Å²) < 4.78 is 5.74. The zero-order valence-corrected chi connectivity index (χ0v) is 7.05. The van der Waals surface area contributed by atoms with Crippen molar-refractivity contribution in [3.63, 3.8) is 0 Å². The quantitative estimate of drug-likeness (QED) is 0.750. The molecular weight excluding hydrogens is 196 g/mol. The lowest BCUT2D eigenvalue weighted by Gasteiger charge is -2.03. The molecule has 4 heteroatoms. The summed E-state index contributed by atoms with van der Waals surface area (Å²) in [6.07, 6.45) is 3.18. The summed E-state index contributed by atoms with van der Waals surface area (Å²) in [6.45, 7) is 0. The molecule has 0 atom stereocenters. The Labute approximate surface area is 67.3 Å². The number of hydrogen-bond donors (Lipinski definition) is 1. The van der Waals surface area contributed by atoms with E-state index in [2.05, 4.69) is 20.9 Å². The van der Waals surface area contributed by atoms with E-state index in [4.69, 9.17) is 10.5 Å². The largest absolute Gasteiger partial charge is 0.493 e. The first-order valence-electron chi connectivity index (χ1n) is 2.68. The number of methoxy groups -OCH3 is 1. The number of hydrogen-bond acceptors (Lipinski definition) is 3. The van der Waals surface area contributed by atoms with Gasteiger partial charge in [-0.05, 0) is 15.9 Å². The van der Waals surface area contributed by atoms with Crippen LogP contribution in [0.15, 0.2) is 16.9 Å². The van der Waals surface area contributed by atoms with E-state index in [0.717, 1.165) is 4.47 Å². The van der Waals surface area contributed by atoms with Gasteiger partial charge in [-0.3, -0.25) is 4.98 Å². The molecule has 0 radical (unpaired) electrons. The third-order valence-electron chi connectivity index (χ3n) is 1.08. The summed E-state index contributed by atoms with van der Waals surface area (Å²) in [5.41, 5.74) is 6.05. The lowest BCUT2D eigenvalue weighted by molar-refractivity contribution is 0.414. The van der Waals surface area contributed by atoms with Gasteiger partial charge in [-0.1, -0.05) is 0 Å². The van der Waals surface area contributed by atoms with Crippen LogP contribution in [0.5, 0.6) is 5.75 Å². The van der Waals surface area contributed by atoms with Crippen molar-refractivity contribution in [1.29, 1.82) is 0 Å². The SMILES string of the molecule is COc1c(N)cncc1Br. The maximum absolute atomic E-state index is 5.51. The average molecular weight is 203 g/mol. The van der Waals surface area contributed by atoms with Crippen molar-refractivity contribution in [2.45, 2.75) is 0 Å². The van der Waals surface area contributed by atoms with Crippen molar-refractivity contribution in [1.82, 2.24) is 4.98 Å². The molecule has 0 amide bonds. The van der Waals surface area contributed by atoms with Crippen LogP contribution in [0.3, 0.4) is 0 Å². The molecule has 54 valence electrons. The predicted octanol–water partition coefficient (Wildman–Crippen LogP) is 1.43. The molecule has 0 spiro atoms. The Hall–Kier alpha value is -0.770. The summed E-state index contributed by atoms with van der Waals surface area (Å²) in [5.74, 6) is 0.634. The summed E-state index contributed by atoms with van der Waals surface area (Å²) in [5, 5.41) is 0. The van der Waals surface area contributed by atoms with Crippen LogP contribution in [0, 0.1) is 0 Å². The van der Waals surface area contributed by atoms with Gasteiger partial charge in [0.2, 0.25) is 0 Å². The second-order valence-corrected chi connectivity index (χ2v) is 2.60. The Morgan fingerprint density at radius 3 is 2.70 bits per heavy atom. The van der Waals surface area contributed by atoms with E-state index < -0.39 is 0 Å². The molecule has 0 bridgehead atoms. The first-order chi connectivity index (χ1) is 4.75. The average Bonchev–Trinajstić information content (AvgIpc) is 1.88. The van der Waals surface area contributed by atoms with Crippen LogP contribution in [0.4, 0.5) is 5.69 Å². The Balaban J connectivity index is 3.17. The fourth-order valence-electron chi connectivity index (χ4n) is 0.654. The number of pyridine rings is 1. The Morgan fingerprint density at radius 2 is 2.30 bits per heavy atom. The van der Waals surface area contributed by atoms with Crippen LogP contribution in [-0.4, -0.2) is 12.1 Å². The van der Waals surface area contributed by atoms with Crippen molar-refractivity contribution in [3.8, 4) is 5.75 Å². The van der Waals surface area contributed by atoms with Gasteiger partial charge in [0.05, 0.1) is 23.5 Å². The van der Waals surface area contributed by atoms with Crippen molar-refractivity contribution in [2.24, 2.45) is 0 Å². The van der Waals surface area contributed by atoms with Crippen molar-refractivity contribution in [2.75, 3.05) is 12.8 Å². The molecule has 1 aromatic rings. The normalized spacial score (nSPS) is 9.40. The van der Waals surface area contributed by atoms with Crippen molar-refractivity contribution in [3.05, 3.63) is 16.9 Å². The zero-order chi connectivity index (χ0) is 7.56. The van der Waals surface area contributed by atoms with Crippen LogP contribution in [0.25, 0.3) is 0 Å². The number of ether oxygens (including phenoxy) is 1. The number of aromatic nitrogens is 1. The van der Waals surface area contributed by atoms with Gasteiger partial charge in [0.25, 0.3) is 0 Å². The number of nitrogen functional groups attached to an aromatic ring is 1. The predicted molar refractivity (Wildman–Crippen MR) is 42.9 cm³/mol. The van der Waals surface area contributed by atoms with Gasteiger partial charge < -0.3 is 10.5 Å². The molecule has 0 aliphatic carbocycles. The molecule has 0 unspecified atom stereocenters. The molecule has 0 saturated heterocycles. The molecule has 1 heterocycles. The first kappa shape index (κ1) is 7.34. The maximum Gasteiger partial charge on any atom is 0.159 e. The number of nitrogens with zero attached hydrogens (tertiary/aromatic N) is 1. The number of halogens is 1. The molecule has 1 aromatic heterocycles. The van der Waals surface area contributed by atoms with Crippen LogP contribution in [-0.2, 0) is 0 Å². The Kier molecular flexibility index (Phi) is 2.11. The van der Waals surface area contributed by atoms with Crippen LogP contribution in [0.2, 0.25) is 0 Å². The van der Waals surface area contributed by atoms with Gasteiger partial charge in [-0.2, -0.15) is 0 Å². The highest BCUT2D eigenvalue weighted by Gasteiger charge is 2.02. The Morgan fingerprint density at radius 1 is 1.60 bits per heavy atom. The molecule has 10 heavy (non-hydrogen) atoms. The van der Waals surface area contributed by atoms with Crippen LogP contribution >= 0.6 is 15.9 Å². The standard InChI is InChI=1S/C6H7BrN2O/c1-10-6-4(7)2-9-3-5(6)8/h2-3H,8H2,1H3. The van der Waals surface area contributed by atoms with E-state index >= 15 is 0 Å². The Bertz CT molecular complexity index is 219. The van der Waals surface area contributed by atoms with Gasteiger partial charge in [-0.15, -0.1) is 0 Å². The number of nitrogens with two attached hydrogens (primary N) is 1. The maximum atomic E-state index is 5.51. The second-order valence-electron chi connectivity index (χ2n) is 1.74. The summed E-state index contributed by atoms with van der Waals surface area (Å²) >= 11 is 3.24. The molecular formula is C6H7BrN2O. The third-order valence-corrected chi connectivity index (χ3v) is 1.65. The molecule has 1 rings (SSSR count). The zero-order valence-electron chi connectivity index (χ0n) is 5.47. The monoisotopic (exact) mass is 202 g/mol. The molecule has 0 aromatic carbocycles. The lowest BCUT2D eigenvalue weighted by atomic mass is 10.4. The van der Waals surface area contributed by atoms with Gasteiger partial charge in [-0.25, -0.2) is 0 Å². The summed E-state index contributed by atoms with van der Waals surface area (Å²) in [4.78, 5) is 3.84. The first-order valence-corrected chi connectivity index (χ1v) is 3.48. The topological polar surface area (TPSA) is 48.1 Å². The van der Waals surface area contributed by atoms with Gasteiger partial charge in [0, 0.05) is 6.20 Å². The minimum absolute atomic E-state index is 0.539. The van der Waals surface area contributed by atoms with E-state index in [-0.39, 0.29) is 0 Å². The van der Waals surface area contributed by atoms with E-state index in [1.165, 1.54) is 0 Å². The number of rotatable bonds is 1. The smallest absolute Gasteiger partial charge is 0.159 e.